The van der Waals surface area contributed by atoms with Crippen LogP contribution in [0.4, 0.5) is 0 Å². The van der Waals surface area contributed by atoms with E-state index in [1.165, 1.54) is 0 Å². The molecule has 3 N–H and O–H groups in total. The number of benzene rings is 2. The second-order valence-electron chi connectivity index (χ2n) is 9.00. The smallest absolute Gasteiger partial charge is 0.257 e. The van der Waals surface area contributed by atoms with Crippen LogP contribution in [0.3, 0.4) is 0 Å². The molecule has 0 atom stereocenters. The number of rotatable bonds is 11. The first-order valence-electron chi connectivity index (χ1n) is 13.4. The summed E-state index contributed by atoms with van der Waals surface area (Å²) in [7, 11) is 1.62. The zero-order chi connectivity index (χ0) is 27.3. The van der Waals surface area contributed by atoms with Crippen LogP contribution in [0.5, 0.6) is 5.75 Å². The molecule has 0 saturated carbocycles. The highest BCUT2D eigenvalue weighted by Gasteiger charge is 2.19. The van der Waals surface area contributed by atoms with E-state index in [0.717, 1.165) is 60.9 Å². The quantitative estimate of drug-likeness (QED) is 0.197. The number of hydrogen-bond donors (Lipinski definition) is 3. The lowest BCUT2D eigenvalue weighted by molar-refractivity contribution is 0.0953. The number of carbonyl (C=O) groups excluding carboxylic acids is 1. The van der Waals surface area contributed by atoms with Crippen LogP contribution in [-0.4, -0.2) is 42.7 Å². The fourth-order valence-corrected chi connectivity index (χ4v) is 4.10. The van der Waals surface area contributed by atoms with Crippen LogP contribution in [0.25, 0.3) is 33.3 Å². The van der Waals surface area contributed by atoms with Crippen molar-refractivity contribution >= 4 is 16.8 Å². The van der Waals surface area contributed by atoms with Gasteiger partial charge in [0, 0.05) is 48.0 Å². The first-order valence-corrected chi connectivity index (χ1v) is 13.4. The van der Waals surface area contributed by atoms with Crippen LogP contribution < -0.4 is 15.6 Å². The number of aromatic amines is 2. The number of nitrogens with one attached hydrogen (secondary N) is 3. The number of ether oxygens (including phenoxy) is 2. The molecule has 7 heteroatoms. The summed E-state index contributed by atoms with van der Waals surface area (Å²) in [6.45, 7) is 8.83. The monoisotopic (exact) mass is 517 g/mol. The zero-order valence-corrected chi connectivity index (χ0v) is 22.9. The van der Waals surface area contributed by atoms with Crippen molar-refractivity contribution in [2.45, 2.75) is 46.5 Å². The van der Waals surface area contributed by atoms with Gasteiger partial charge < -0.3 is 24.8 Å². The third-order valence-corrected chi connectivity index (χ3v) is 6.02. The molecule has 7 nitrogen and oxygen atoms in total. The van der Waals surface area contributed by atoms with Crippen LogP contribution in [0.2, 0.25) is 0 Å². The van der Waals surface area contributed by atoms with Crippen LogP contribution in [0, 0.1) is 0 Å². The number of pyridine rings is 1. The first kappa shape index (κ1) is 28.7. The number of fused-ring (bicyclic) bond motifs is 1. The van der Waals surface area contributed by atoms with Crippen molar-refractivity contribution in [3.05, 3.63) is 76.7 Å². The maximum absolute atomic E-state index is 12.6. The summed E-state index contributed by atoms with van der Waals surface area (Å²) in [5.41, 5.74) is 4.23. The number of amides is 1. The minimum Gasteiger partial charge on any atom is -0.497 e. The molecule has 2 heterocycles. The van der Waals surface area contributed by atoms with E-state index in [1.807, 2.05) is 36.4 Å². The van der Waals surface area contributed by atoms with Gasteiger partial charge in [-0.25, -0.2) is 0 Å². The van der Waals surface area contributed by atoms with Crippen molar-refractivity contribution in [1.29, 1.82) is 0 Å². The molecule has 0 aliphatic carbocycles. The average molecular weight is 518 g/mol. The Morgan fingerprint density at radius 1 is 0.947 bits per heavy atom. The van der Waals surface area contributed by atoms with Gasteiger partial charge in [-0.2, -0.15) is 0 Å². The van der Waals surface area contributed by atoms with Gasteiger partial charge in [0.2, 0.25) is 0 Å². The van der Waals surface area contributed by atoms with Gasteiger partial charge >= 0.3 is 0 Å². The van der Waals surface area contributed by atoms with Crippen molar-refractivity contribution in [3.8, 4) is 28.1 Å². The Morgan fingerprint density at radius 3 is 2.42 bits per heavy atom. The molecule has 0 spiro atoms. The Kier molecular flexibility index (Phi) is 11.2. The van der Waals surface area contributed by atoms with E-state index in [4.69, 9.17) is 9.47 Å². The topological polar surface area (TPSA) is 96.2 Å². The van der Waals surface area contributed by atoms with Gasteiger partial charge in [0.1, 0.15) is 5.75 Å². The summed E-state index contributed by atoms with van der Waals surface area (Å²) < 4.78 is 10.5. The van der Waals surface area contributed by atoms with E-state index in [1.54, 1.807) is 31.5 Å². The molecule has 2 aromatic carbocycles. The van der Waals surface area contributed by atoms with Gasteiger partial charge in [0.05, 0.1) is 18.4 Å². The fraction of sp³-hybridized carbons (Fsp3) is 0.355. The normalized spacial score (nSPS) is 10.6. The Bertz CT molecular complexity index is 1370. The summed E-state index contributed by atoms with van der Waals surface area (Å²) in [5, 5.41) is 3.84. The number of unbranched alkanes of at least 4 members (excludes halogenated alkanes) is 1. The summed E-state index contributed by atoms with van der Waals surface area (Å²) in [4.78, 5) is 31.3. The number of carbonyl (C=O) groups is 1. The fourth-order valence-electron chi connectivity index (χ4n) is 4.10. The Balaban J connectivity index is 0.000000505. The van der Waals surface area contributed by atoms with E-state index < -0.39 is 0 Å². The second-order valence-corrected chi connectivity index (χ2v) is 9.00. The van der Waals surface area contributed by atoms with Gasteiger partial charge in [0.15, 0.2) is 0 Å². The molecular weight excluding hydrogens is 478 g/mol. The predicted molar refractivity (Wildman–Crippen MR) is 155 cm³/mol. The van der Waals surface area contributed by atoms with Gasteiger partial charge in [-0.1, -0.05) is 39.3 Å². The van der Waals surface area contributed by atoms with Crippen molar-refractivity contribution in [2.24, 2.45) is 0 Å². The largest absolute Gasteiger partial charge is 0.497 e. The van der Waals surface area contributed by atoms with Gasteiger partial charge in [-0.05, 0) is 67.3 Å². The Labute approximate surface area is 224 Å². The maximum atomic E-state index is 12.6. The number of aromatic nitrogens is 2. The van der Waals surface area contributed by atoms with Crippen LogP contribution in [0.1, 0.15) is 56.8 Å². The number of H-pyrrole nitrogens is 2. The lowest BCUT2D eigenvalue weighted by Gasteiger charge is -2.08. The van der Waals surface area contributed by atoms with Crippen molar-refractivity contribution < 1.29 is 14.3 Å². The van der Waals surface area contributed by atoms with Crippen molar-refractivity contribution in [1.82, 2.24) is 15.3 Å². The molecule has 0 aliphatic heterocycles. The zero-order valence-electron chi connectivity index (χ0n) is 22.9. The summed E-state index contributed by atoms with van der Waals surface area (Å²) in [6, 6.07) is 16.8. The summed E-state index contributed by atoms with van der Waals surface area (Å²) in [6.07, 6.45) is 5.85. The molecule has 0 aliphatic rings. The Morgan fingerprint density at radius 2 is 1.74 bits per heavy atom. The number of methoxy groups -OCH3 is 1. The van der Waals surface area contributed by atoms with Crippen LogP contribution in [-0.2, 0) is 4.74 Å². The van der Waals surface area contributed by atoms with Crippen molar-refractivity contribution in [3.63, 3.8) is 0 Å². The lowest BCUT2D eigenvalue weighted by atomic mass is 9.97. The summed E-state index contributed by atoms with van der Waals surface area (Å²) in [5.74, 6) is 0.612. The molecule has 2 aromatic heterocycles. The molecule has 38 heavy (non-hydrogen) atoms. The molecular formula is C31H39N3O4. The Hall–Kier alpha value is -3.84. The van der Waals surface area contributed by atoms with Gasteiger partial charge in [-0.3, -0.25) is 9.59 Å². The molecule has 1 amide bonds. The highest BCUT2D eigenvalue weighted by Crippen LogP contribution is 2.38. The molecule has 0 bridgehead atoms. The SMILES string of the molecule is CCCCNC(=O)c1ccc2[nH]c(-c3ccc[nH]c3=O)c(-c3cccc(OC)c3)c2c1.CCCOCCC. The third-order valence-electron chi connectivity index (χ3n) is 6.02. The molecule has 0 unspecified atom stereocenters. The van der Waals surface area contributed by atoms with Gasteiger partial charge in [-0.15, -0.1) is 0 Å². The van der Waals surface area contributed by atoms with Gasteiger partial charge in [0.25, 0.3) is 11.5 Å². The van der Waals surface area contributed by atoms with Crippen LogP contribution in [0.15, 0.2) is 65.6 Å². The molecule has 0 saturated heterocycles. The average Bonchev–Trinajstić information content (AvgIpc) is 3.32. The molecule has 202 valence electrons. The predicted octanol–water partition coefficient (Wildman–Crippen LogP) is 6.55. The second kappa shape index (κ2) is 14.8. The highest BCUT2D eigenvalue weighted by atomic mass is 16.5. The third kappa shape index (κ3) is 7.35. The minimum atomic E-state index is -0.185. The van der Waals surface area contributed by atoms with E-state index >= 15 is 0 Å². The molecule has 0 fully saturated rings. The van der Waals surface area contributed by atoms with Crippen molar-refractivity contribution in [2.75, 3.05) is 26.9 Å². The standard InChI is InChI=1S/C25H25N3O3.C6H14O/c1-3-4-12-26-24(29)17-10-11-21-20(15-17)22(16-7-5-8-18(14-16)31-2)23(28-21)19-9-6-13-27-25(19)30;1-3-5-7-6-4-2/h5-11,13-15,28H,3-4,12H2,1-2H3,(H,26,29)(H,27,30);3-6H2,1-2H3. The molecule has 4 rings (SSSR count). The summed E-state index contributed by atoms with van der Waals surface area (Å²) >= 11 is 0. The van der Waals surface area contributed by atoms with E-state index in [2.05, 4.69) is 36.1 Å². The number of hydrogen-bond acceptors (Lipinski definition) is 4. The molecule has 4 aromatic rings. The van der Waals surface area contributed by atoms with E-state index in [-0.39, 0.29) is 11.5 Å². The minimum absolute atomic E-state index is 0.104. The lowest BCUT2D eigenvalue weighted by Crippen LogP contribution is -2.24. The first-order chi connectivity index (χ1) is 18.5. The van der Waals surface area contributed by atoms with Crippen LogP contribution >= 0.6 is 0 Å². The van der Waals surface area contributed by atoms with E-state index in [9.17, 15) is 9.59 Å². The molecule has 0 radical (unpaired) electrons. The highest BCUT2D eigenvalue weighted by molar-refractivity contribution is 6.07. The van der Waals surface area contributed by atoms with E-state index in [0.29, 0.717) is 29.1 Å². The maximum Gasteiger partial charge on any atom is 0.257 e.